The van der Waals surface area contributed by atoms with Gasteiger partial charge in [0.2, 0.25) is 5.91 Å². The van der Waals surface area contributed by atoms with E-state index in [0.29, 0.717) is 18.2 Å². The van der Waals surface area contributed by atoms with Crippen LogP contribution in [0.3, 0.4) is 0 Å². The third-order valence-electron chi connectivity index (χ3n) is 3.12. The summed E-state index contributed by atoms with van der Waals surface area (Å²) in [6, 6.07) is 3.85. The van der Waals surface area contributed by atoms with Crippen LogP contribution in [0.5, 0.6) is 0 Å². The molecule has 1 N–H and O–H groups in total. The second-order valence-corrected chi connectivity index (χ2v) is 6.63. The molecule has 1 amide bonds. The minimum atomic E-state index is 0.0256. The van der Waals surface area contributed by atoms with Gasteiger partial charge in [-0.25, -0.2) is 0 Å². The highest BCUT2D eigenvalue weighted by atomic mass is 32.2. The van der Waals surface area contributed by atoms with Gasteiger partial charge in [-0.3, -0.25) is 9.78 Å². The topological polar surface area (TPSA) is 72.7 Å². The van der Waals surface area contributed by atoms with Crippen molar-refractivity contribution in [2.45, 2.75) is 38.9 Å². The van der Waals surface area contributed by atoms with Crippen LogP contribution in [0.15, 0.2) is 29.7 Å². The van der Waals surface area contributed by atoms with Gasteiger partial charge in [-0.15, -0.1) is 10.2 Å². The summed E-state index contributed by atoms with van der Waals surface area (Å²) in [6.07, 6.45) is 4.48. The first-order valence-electron chi connectivity index (χ1n) is 7.85. The smallest absolute Gasteiger partial charge is 0.230 e. The molecule has 0 aliphatic carbocycles. The van der Waals surface area contributed by atoms with Gasteiger partial charge < -0.3 is 9.88 Å². The lowest BCUT2D eigenvalue weighted by molar-refractivity contribution is -0.118. The van der Waals surface area contributed by atoms with Crippen LogP contribution in [0.2, 0.25) is 0 Å². The van der Waals surface area contributed by atoms with Crippen LogP contribution in [0.4, 0.5) is 0 Å². The van der Waals surface area contributed by atoms with E-state index in [1.807, 2.05) is 12.1 Å². The third kappa shape index (κ3) is 5.06. The highest BCUT2D eigenvalue weighted by Crippen LogP contribution is 2.23. The summed E-state index contributed by atoms with van der Waals surface area (Å²) < 4.78 is 2.05. The summed E-state index contributed by atoms with van der Waals surface area (Å²) >= 11 is 1.42. The van der Waals surface area contributed by atoms with Crippen molar-refractivity contribution < 1.29 is 4.79 Å². The molecule has 0 saturated carbocycles. The first-order chi connectivity index (χ1) is 11.1. The highest BCUT2D eigenvalue weighted by molar-refractivity contribution is 7.99. The predicted molar refractivity (Wildman–Crippen MR) is 92.1 cm³/mol. The Balaban J connectivity index is 2.07. The molecular weight excluding hydrogens is 310 g/mol. The molecule has 0 radical (unpaired) electrons. The molecule has 2 rings (SSSR count). The standard InChI is InChI=1S/C16H23N5OS/c1-4-8-21-15(13-6-5-7-17-10-13)19-20-16(21)23-11-14(22)18-9-12(2)3/h5-7,10,12H,4,8-9,11H2,1-3H3,(H,18,22). The zero-order valence-corrected chi connectivity index (χ0v) is 14.6. The van der Waals surface area contributed by atoms with E-state index in [0.717, 1.165) is 29.5 Å². The quantitative estimate of drug-likeness (QED) is 0.752. The second-order valence-electron chi connectivity index (χ2n) is 5.69. The molecule has 23 heavy (non-hydrogen) atoms. The molecule has 0 saturated heterocycles. The fourth-order valence-electron chi connectivity index (χ4n) is 2.03. The van der Waals surface area contributed by atoms with E-state index in [-0.39, 0.29) is 5.91 Å². The summed E-state index contributed by atoms with van der Waals surface area (Å²) in [5.41, 5.74) is 0.935. The van der Waals surface area contributed by atoms with Crippen molar-refractivity contribution in [2.24, 2.45) is 5.92 Å². The summed E-state index contributed by atoms with van der Waals surface area (Å²) in [5.74, 6) is 1.62. The largest absolute Gasteiger partial charge is 0.355 e. The lowest BCUT2D eigenvalue weighted by Gasteiger charge is -2.09. The highest BCUT2D eigenvalue weighted by Gasteiger charge is 2.15. The Hall–Kier alpha value is -1.89. The summed E-state index contributed by atoms with van der Waals surface area (Å²) in [6.45, 7) is 7.77. The molecule has 2 aromatic heterocycles. The normalized spacial score (nSPS) is 11.0. The lowest BCUT2D eigenvalue weighted by Crippen LogP contribution is -2.28. The van der Waals surface area contributed by atoms with Crippen LogP contribution < -0.4 is 5.32 Å². The summed E-state index contributed by atoms with van der Waals surface area (Å²) in [4.78, 5) is 16.0. The molecule has 0 bridgehead atoms. The summed E-state index contributed by atoms with van der Waals surface area (Å²) in [7, 11) is 0. The molecule has 0 aliphatic heterocycles. The van der Waals surface area contributed by atoms with Gasteiger partial charge in [0.15, 0.2) is 11.0 Å². The van der Waals surface area contributed by atoms with Crippen molar-refractivity contribution in [3.63, 3.8) is 0 Å². The van der Waals surface area contributed by atoms with E-state index in [4.69, 9.17) is 0 Å². The van der Waals surface area contributed by atoms with Gasteiger partial charge in [0.1, 0.15) is 0 Å². The van der Waals surface area contributed by atoms with E-state index in [1.54, 1.807) is 12.4 Å². The van der Waals surface area contributed by atoms with Crippen LogP contribution in [-0.2, 0) is 11.3 Å². The fourth-order valence-corrected chi connectivity index (χ4v) is 2.82. The zero-order chi connectivity index (χ0) is 16.7. The number of hydrogen-bond donors (Lipinski definition) is 1. The molecular formula is C16H23N5OS. The average Bonchev–Trinajstić information content (AvgIpc) is 2.95. The van der Waals surface area contributed by atoms with Crippen LogP contribution in [0.25, 0.3) is 11.4 Å². The number of carbonyl (C=O) groups is 1. The van der Waals surface area contributed by atoms with Crippen LogP contribution in [0.1, 0.15) is 27.2 Å². The molecule has 2 aromatic rings. The van der Waals surface area contributed by atoms with Gasteiger partial charge in [0.25, 0.3) is 0 Å². The maximum Gasteiger partial charge on any atom is 0.230 e. The Morgan fingerprint density at radius 2 is 2.22 bits per heavy atom. The monoisotopic (exact) mass is 333 g/mol. The van der Waals surface area contributed by atoms with E-state index in [9.17, 15) is 4.79 Å². The van der Waals surface area contributed by atoms with E-state index >= 15 is 0 Å². The number of amides is 1. The maximum atomic E-state index is 11.9. The van der Waals surface area contributed by atoms with Crippen molar-refractivity contribution in [2.75, 3.05) is 12.3 Å². The number of nitrogens with zero attached hydrogens (tertiary/aromatic N) is 4. The SMILES string of the molecule is CCCn1c(SCC(=O)NCC(C)C)nnc1-c1cccnc1. The van der Waals surface area contributed by atoms with Crippen molar-refractivity contribution >= 4 is 17.7 Å². The molecule has 0 spiro atoms. The molecule has 6 nitrogen and oxygen atoms in total. The Morgan fingerprint density at radius 1 is 1.39 bits per heavy atom. The van der Waals surface area contributed by atoms with E-state index in [2.05, 4.69) is 45.8 Å². The van der Waals surface area contributed by atoms with Gasteiger partial charge in [-0.1, -0.05) is 32.5 Å². The molecule has 0 fully saturated rings. The molecule has 0 aliphatic rings. The number of rotatable bonds is 8. The minimum Gasteiger partial charge on any atom is -0.355 e. The van der Waals surface area contributed by atoms with Gasteiger partial charge in [-0.2, -0.15) is 0 Å². The van der Waals surface area contributed by atoms with Gasteiger partial charge in [-0.05, 0) is 24.5 Å². The number of nitrogens with one attached hydrogen (secondary N) is 1. The molecule has 0 aromatic carbocycles. The first-order valence-corrected chi connectivity index (χ1v) is 8.83. The maximum absolute atomic E-state index is 11.9. The van der Waals surface area contributed by atoms with Crippen LogP contribution >= 0.6 is 11.8 Å². The van der Waals surface area contributed by atoms with Crippen molar-refractivity contribution in [3.8, 4) is 11.4 Å². The minimum absolute atomic E-state index is 0.0256. The fraction of sp³-hybridized carbons (Fsp3) is 0.500. The van der Waals surface area contributed by atoms with Crippen LogP contribution in [-0.4, -0.2) is 38.0 Å². The van der Waals surface area contributed by atoms with Gasteiger partial charge in [0.05, 0.1) is 5.75 Å². The number of carbonyl (C=O) groups excluding carboxylic acids is 1. The Bertz CT molecular complexity index is 627. The summed E-state index contributed by atoms with van der Waals surface area (Å²) in [5, 5.41) is 12.2. The van der Waals surface area contributed by atoms with E-state index < -0.39 is 0 Å². The van der Waals surface area contributed by atoms with E-state index in [1.165, 1.54) is 11.8 Å². The number of aromatic nitrogens is 4. The van der Waals surface area contributed by atoms with Crippen LogP contribution in [0, 0.1) is 5.92 Å². The Morgan fingerprint density at radius 3 is 2.87 bits per heavy atom. The average molecular weight is 333 g/mol. The number of thioether (sulfide) groups is 1. The van der Waals surface area contributed by atoms with Gasteiger partial charge in [0, 0.05) is 31.0 Å². The molecule has 124 valence electrons. The Kier molecular flexibility index (Phi) is 6.58. The van der Waals surface area contributed by atoms with Gasteiger partial charge >= 0.3 is 0 Å². The molecule has 2 heterocycles. The third-order valence-corrected chi connectivity index (χ3v) is 4.09. The van der Waals surface area contributed by atoms with Crippen molar-refractivity contribution in [1.29, 1.82) is 0 Å². The zero-order valence-electron chi connectivity index (χ0n) is 13.8. The second kappa shape index (κ2) is 8.67. The predicted octanol–water partition coefficient (Wildman–Crippen LogP) is 2.61. The van der Waals surface area contributed by atoms with Crippen molar-refractivity contribution in [3.05, 3.63) is 24.5 Å². The Labute approximate surface area is 141 Å². The van der Waals surface area contributed by atoms with Crippen molar-refractivity contribution in [1.82, 2.24) is 25.1 Å². The molecule has 0 unspecified atom stereocenters. The molecule has 0 atom stereocenters. The number of pyridine rings is 1. The first kappa shape index (κ1) is 17.5. The lowest BCUT2D eigenvalue weighted by atomic mass is 10.2. The molecule has 7 heteroatoms. The number of hydrogen-bond acceptors (Lipinski definition) is 5.